The molecule has 0 unspecified atom stereocenters. The second-order valence-corrected chi connectivity index (χ2v) is 3.89. The maximum Gasteiger partial charge on any atom is 0.221 e. The fourth-order valence-corrected chi connectivity index (χ4v) is 2.00. The van der Waals surface area contributed by atoms with Gasteiger partial charge in [0.15, 0.2) is 5.43 Å². The molecule has 0 amide bonds. The molecule has 3 aromatic rings. The van der Waals surface area contributed by atoms with Crippen LogP contribution in [0.4, 0.5) is 0 Å². The summed E-state index contributed by atoms with van der Waals surface area (Å²) in [5.74, 6) is 0.448. The molecular formula is C14H10N2O2. The number of hydrogen-bond acceptors (Lipinski definition) is 4. The first-order valence-corrected chi connectivity index (χ1v) is 5.52. The average Bonchev–Trinajstić information content (AvgIpc) is 2.55. The van der Waals surface area contributed by atoms with Gasteiger partial charge in [-0.1, -0.05) is 18.2 Å². The third-order valence-corrected chi connectivity index (χ3v) is 2.86. The zero-order chi connectivity index (χ0) is 12.5. The van der Waals surface area contributed by atoms with E-state index in [0.29, 0.717) is 27.6 Å². The molecule has 0 bridgehead atoms. The van der Waals surface area contributed by atoms with Crippen LogP contribution in [0.2, 0.25) is 0 Å². The first-order valence-electron chi connectivity index (χ1n) is 5.52. The predicted octanol–water partition coefficient (Wildman–Crippen LogP) is 2.15. The molecule has 1 aromatic carbocycles. The van der Waals surface area contributed by atoms with Crippen molar-refractivity contribution in [2.24, 2.45) is 0 Å². The lowest BCUT2D eigenvalue weighted by molar-refractivity contribution is 0.405. The second kappa shape index (κ2) is 4.07. The number of rotatable bonds is 1. The molecule has 18 heavy (non-hydrogen) atoms. The molecular weight excluding hydrogens is 228 g/mol. The summed E-state index contributed by atoms with van der Waals surface area (Å²) < 4.78 is 5.28. The highest BCUT2D eigenvalue weighted by Gasteiger charge is 2.08. The summed E-state index contributed by atoms with van der Waals surface area (Å²) in [6, 6.07) is 8.99. The van der Waals surface area contributed by atoms with Crippen LogP contribution in [0, 0.1) is 0 Å². The minimum Gasteiger partial charge on any atom is -0.481 e. The number of ether oxygens (including phenoxy) is 1. The SMILES string of the molecule is COc1nc2ccncc2c(=O)c2ccccc12. The van der Waals surface area contributed by atoms with Crippen molar-refractivity contribution in [3.8, 4) is 5.88 Å². The Morgan fingerprint density at radius 1 is 1.06 bits per heavy atom. The van der Waals surface area contributed by atoms with Gasteiger partial charge in [-0.2, -0.15) is 0 Å². The van der Waals surface area contributed by atoms with Gasteiger partial charge >= 0.3 is 0 Å². The molecule has 2 heterocycles. The highest BCUT2D eigenvalue weighted by molar-refractivity contribution is 5.93. The molecule has 0 aliphatic rings. The third kappa shape index (κ3) is 1.50. The third-order valence-electron chi connectivity index (χ3n) is 2.86. The molecule has 4 nitrogen and oxygen atoms in total. The Bertz CT molecular complexity index is 800. The van der Waals surface area contributed by atoms with E-state index in [2.05, 4.69) is 9.97 Å². The zero-order valence-corrected chi connectivity index (χ0v) is 9.75. The normalized spacial score (nSPS) is 10.7. The summed E-state index contributed by atoms with van der Waals surface area (Å²) in [6.45, 7) is 0. The van der Waals surface area contributed by atoms with Crippen LogP contribution in [-0.2, 0) is 0 Å². The largest absolute Gasteiger partial charge is 0.481 e. The molecule has 4 heteroatoms. The number of aromatic nitrogens is 2. The van der Waals surface area contributed by atoms with Gasteiger partial charge in [0.05, 0.1) is 18.0 Å². The number of benzene rings is 1. The smallest absolute Gasteiger partial charge is 0.221 e. The Kier molecular flexibility index (Phi) is 2.41. The van der Waals surface area contributed by atoms with Gasteiger partial charge in [0.25, 0.3) is 0 Å². The fourth-order valence-electron chi connectivity index (χ4n) is 2.00. The van der Waals surface area contributed by atoms with Gasteiger partial charge < -0.3 is 4.74 Å². The number of hydrogen-bond donors (Lipinski definition) is 0. The highest BCUT2D eigenvalue weighted by Crippen LogP contribution is 2.21. The lowest BCUT2D eigenvalue weighted by Crippen LogP contribution is -1.98. The minimum atomic E-state index is -0.0792. The van der Waals surface area contributed by atoms with Crippen LogP contribution < -0.4 is 10.2 Å². The van der Waals surface area contributed by atoms with Crippen LogP contribution >= 0.6 is 0 Å². The summed E-state index contributed by atoms with van der Waals surface area (Å²) in [7, 11) is 1.55. The van der Waals surface area contributed by atoms with Gasteiger partial charge in [-0.15, -0.1) is 0 Å². The van der Waals surface area contributed by atoms with Crippen molar-refractivity contribution in [1.82, 2.24) is 9.97 Å². The van der Waals surface area contributed by atoms with E-state index in [-0.39, 0.29) is 5.43 Å². The second-order valence-electron chi connectivity index (χ2n) is 3.89. The van der Waals surface area contributed by atoms with E-state index < -0.39 is 0 Å². The Balaban J connectivity index is 2.69. The van der Waals surface area contributed by atoms with Crippen LogP contribution in [0.15, 0.2) is 47.5 Å². The Morgan fingerprint density at radius 2 is 1.83 bits per heavy atom. The molecule has 0 saturated carbocycles. The molecule has 0 spiro atoms. The predicted molar refractivity (Wildman–Crippen MR) is 69.9 cm³/mol. The highest BCUT2D eigenvalue weighted by atomic mass is 16.5. The number of pyridine rings is 1. The summed E-state index contributed by atoms with van der Waals surface area (Å²) in [5.41, 5.74) is 0.507. The molecule has 0 aliphatic heterocycles. The molecule has 0 atom stereocenters. The van der Waals surface area contributed by atoms with E-state index in [1.807, 2.05) is 18.2 Å². The lowest BCUT2D eigenvalue weighted by atomic mass is 10.1. The Morgan fingerprint density at radius 3 is 2.61 bits per heavy atom. The molecule has 2 aromatic heterocycles. The van der Waals surface area contributed by atoms with Crippen molar-refractivity contribution >= 4 is 21.7 Å². The van der Waals surface area contributed by atoms with E-state index in [1.54, 1.807) is 25.4 Å². The quantitative estimate of drug-likeness (QED) is 0.651. The minimum absolute atomic E-state index is 0.0792. The zero-order valence-electron chi connectivity index (χ0n) is 9.75. The summed E-state index contributed by atoms with van der Waals surface area (Å²) in [4.78, 5) is 20.8. The van der Waals surface area contributed by atoms with Crippen LogP contribution in [-0.4, -0.2) is 17.1 Å². The Hall–Kier alpha value is -2.49. The van der Waals surface area contributed by atoms with Gasteiger partial charge in [-0.3, -0.25) is 9.78 Å². The van der Waals surface area contributed by atoms with E-state index in [1.165, 1.54) is 6.20 Å². The lowest BCUT2D eigenvalue weighted by Gasteiger charge is -1.97. The molecule has 0 N–H and O–H groups in total. The van der Waals surface area contributed by atoms with Crippen LogP contribution in [0.3, 0.4) is 0 Å². The van der Waals surface area contributed by atoms with Crippen molar-refractivity contribution < 1.29 is 4.74 Å². The standard InChI is InChI=1S/C14H10N2O2/c1-18-14-10-5-3-2-4-9(10)13(17)11-8-15-7-6-12(11)16-14/h2-8H,1H3. The monoisotopic (exact) mass is 238 g/mol. The van der Waals surface area contributed by atoms with Crippen molar-refractivity contribution in [1.29, 1.82) is 0 Å². The van der Waals surface area contributed by atoms with E-state index in [4.69, 9.17) is 4.74 Å². The van der Waals surface area contributed by atoms with Gasteiger partial charge in [0, 0.05) is 23.2 Å². The average molecular weight is 238 g/mol. The first kappa shape index (κ1) is 10.7. The van der Waals surface area contributed by atoms with Gasteiger partial charge in [0.1, 0.15) is 0 Å². The molecule has 0 fully saturated rings. The topological polar surface area (TPSA) is 52.1 Å². The van der Waals surface area contributed by atoms with Crippen LogP contribution in [0.25, 0.3) is 21.7 Å². The molecule has 0 aliphatic carbocycles. The molecule has 3 rings (SSSR count). The van der Waals surface area contributed by atoms with Crippen molar-refractivity contribution in [3.05, 3.63) is 52.9 Å². The number of nitrogens with zero attached hydrogens (tertiary/aromatic N) is 2. The van der Waals surface area contributed by atoms with Crippen LogP contribution in [0.5, 0.6) is 5.88 Å². The van der Waals surface area contributed by atoms with Crippen molar-refractivity contribution in [2.45, 2.75) is 0 Å². The fraction of sp³-hybridized carbons (Fsp3) is 0.0714. The van der Waals surface area contributed by atoms with Crippen molar-refractivity contribution in [3.63, 3.8) is 0 Å². The van der Waals surface area contributed by atoms with Gasteiger partial charge in [-0.25, -0.2) is 4.98 Å². The first-order chi connectivity index (χ1) is 8.81. The van der Waals surface area contributed by atoms with Gasteiger partial charge in [-0.05, 0) is 12.1 Å². The molecule has 88 valence electrons. The van der Waals surface area contributed by atoms with Crippen molar-refractivity contribution in [2.75, 3.05) is 7.11 Å². The Labute approximate surface area is 103 Å². The summed E-state index contributed by atoms with van der Waals surface area (Å²) in [6.07, 6.45) is 3.15. The summed E-state index contributed by atoms with van der Waals surface area (Å²) in [5, 5.41) is 1.79. The molecule has 0 radical (unpaired) electrons. The number of fused-ring (bicyclic) bond motifs is 2. The molecule has 0 saturated heterocycles. The maximum absolute atomic E-state index is 12.4. The van der Waals surface area contributed by atoms with E-state index in [0.717, 1.165) is 0 Å². The van der Waals surface area contributed by atoms with Gasteiger partial charge in [0.2, 0.25) is 5.88 Å². The maximum atomic E-state index is 12.4. The van der Waals surface area contributed by atoms with E-state index >= 15 is 0 Å². The van der Waals surface area contributed by atoms with Crippen LogP contribution in [0.1, 0.15) is 0 Å². The van der Waals surface area contributed by atoms with E-state index in [9.17, 15) is 4.79 Å². The number of methoxy groups -OCH3 is 1. The summed E-state index contributed by atoms with van der Waals surface area (Å²) >= 11 is 0.